The average Bonchev–Trinajstić information content (AvgIpc) is 2.90. The number of nitro benzene ring substituents is 1. The molecule has 20 heavy (non-hydrogen) atoms. The lowest BCUT2D eigenvalue weighted by atomic mass is 10.1. The molecule has 1 heterocycles. The maximum absolute atomic E-state index is 10.8. The van der Waals surface area contributed by atoms with Crippen LogP contribution in [0.15, 0.2) is 28.7 Å². The normalized spacial score (nSPS) is 17.0. The van der Waals surface area contributed by atoms with Crippen LogP contribution in [0.3, 0.4) is 0 Å². The number of thiophene rings is 1. The first kappa shape index (κ1) is 13.9. The quantitative estimate of drug-likeness (QED) is 0.596. The third kappa shape index (κ3) is 2.55. The summed E-state index contributed by atoms with van der Waals surface area (Å²) >= 11 is 10.9. The van der Waals surface area contributed by atoms with Gasteiger partial charge in [-0.2, -0.15) is 0 Å². The number of benzene rings is 1. The molecule has 0 radical (unpaired) electrons. The maximum Gasteiger partial charge on any atom is 0.283 e. The summed E-state index contributed by atoms with van der Waals surface area (Å²) in [7, 11) is 0. The highest BCUT2D eigenvalue weighted by Gasteiger charge is 2.25. The van der Waals surface area contributed by atoms with E-state index in [1.165, 1.54) is 16.5 Å². The Morgan fingerprint density at radius 3 is 2.95 bits per heavy atom. The lowest BCUT2D eigenvalue weighted by Gasteiger charge is -2.14. The van der Waals surface area contributed by atoms with E-state index in [-0.39, 0.29) is 11.7 Å². The minimum atomic E-state index is -0.403. The highest BCUT2D eigenvalue weighted by atomic mass is 79.9. The van der Waals surface area contributed by atoms with E-state index in [9.17, 15) is 10.1 Å². The molecule has 1 unspecified atom stereocenters. The van der Waals surface area contributed by atoms with E-state index >= 15 is 0 Å². The van der Waals surface area contributed by atoms with Gasteiger partial charge in [0, 0.05) is 16.6 Å². The van der Waals surface area contributed by atoms with Crippen LogP contribution in [0.1, 0.15) is 22.9 Å². The van der Waals surface area contributed by atoms with Gasteiger partial charge in [-0.25, -0.2) is 0 Å². The van der Waals surface area contributed by atoms with Crippen molar-refractivity contribution in [3.63, 3.8) is 0 Å². The van der Waals surface area contributed by atoms with Gasteiger partial charge in [-0.1, -0.05) is 11.6 Å². The van der Waals surface area contributed by atoms with Crippen molar-refractivity contribution in [3.8, 4) is 0 Å². The summed E-state index contributed by atoms with van der Waals surface area (Å²) < 4.78 is 1.29. The molecule has 0 saturated carbocycles. The van der Waals surface area contributed by atoms with Crippen LogP contribution in [-0.2, 0) is 6.42 Å². The van der Waals surface area contributed by atoms with Crippen LogP contribution in [-0.4, -0.2) is 4.92 Å². The van der Waals surface area contributed by atoms with Gasteiger partial charge in [0.2, 0.25) is 0 Å². The standard InChI is InChI=1S/C13H10BrClN2O2S/c14-9-5-7(1-3-11(9)17(18)19)16-10-2-4-12-8(10)6-13(15)20-12/h1,3,5-6,10,16H,2,4H2. The zero-order valence-electron chi connectivity index (χ0n) is 10.2. The SMILES string of the molecule is O=[N+]([O-])c1ccc(NC2CCc3sc(Cl)cc32)cc1Br. The number of anilines is 1. The van der Waals surface area contributed by atoms with Crippen molar-refractivity contribution in [2.45, 2.75) is 18.9 Å². The van der Waals surface area contributed by atoms with E-state index < -0.39 is 4.92 Å². The molecular formula is C13H10BrClN2O2S. The molecule has 7 heteroatoms. The summed E-state index contributed by atoms with van der Waals surface area (Å²) in [6, 6.07) is 7.20. The summed E-state index contributed by atoms with van der Waals surface area (Å²) in [5.41, 5.74) is 2.18. The highest BCUT2D eigenvalue weighted by Crippen LogP contribution is 2.41. The Balaban J connectivity index is 1.82. The Kier molecular flexibility index (Phi) is 3.70. The number of nitrogens with one attached hydrogen (secondary N) is 1. The van der Waals surface area contributed by atoms with E-state index in [1.807, 2.05) is 6.07 Å². The van der Waals surface area contributed by atoms with Crippen LogP contribution < -0.4 is 5.32 Å². The number of nitrogens with zero attached hydrogens (tertiary/aromatic N) is 1. The fraction of sp³-hybridized carbons (Fsp3) is 0.231. The Morgan fingerprint density at radius 2 is 2.25 bits per heavy atom. The Morgan fingerprint density at radius 1 is 1.45 bits per heavy atom. The fourth-order valence-corrected chi connectivity index (χ4v) is 4.31. The second-order valence-corrected chi connectivity index (χ2v) is 7.21. The monoisotopic (exact) mass is 372 g/mol. The summed E-state index contributed by atoms with van der Waals surface area (Å²) in [5.74, 6) is 0. The number of hydrogen-bond donors (Lipinski definition) is 1. The van der Waals surface area contributed by atoms with Gasteiger partial charge >= 0.3 is 0 Å². The van der Waals surface area contributed by atoms with Crippen molar-refractivity contribution in [1.82, 2.24) is 0 Å². The Labute approximate surface area is 133 Å². The van der Waals surface area contributed by atoms with Gasteiger partial charge in [0.05, 0.1) is 19.8 Å². The van der Waals surface area contributed by atoms with Crippen molar-refractivity contribution in [1.29, 1.82) is 0 Å². The molecule has 0 spiro atoms. The molecule has 4 nitrogen and oxygen atoms in total. The predicted octanol–water partition coefficient (Wildman–Crippen LogP) is 5.17. The Hall–Kier alpha value is -1.11. The molecule has 0 bridgehead atoms. The van der Waals surface area contributed by atoms with Gasteiger partial charge in [-0.15, -0.1) is 11.3 Å². The van der Waals surface area contributed by atoms with Gasteiger partial charge in [-0.05, 0) is 52.5 Å². The van der Waals surface area contributed by atoms with Gasteiger partial charge in [0.15, 0.2) is 0 Å². The van der Waals surface area contributed by atoms with Crippen molar-refractivity contribution < 1.29 is 4.92 Å². The topological polar surface area (TPSA) is 55.2 Å². The number of rotatable bonds is 3. The molecule has 0 fully saturated rings. The molecule has 1 atom stereocenters. The van der Waals surface area contributed by atoms with Crippen LogP contribution in [0.25, 0.3) is 0 Å². The minimum absolute atomic E-state index is 0.0706. The van der Waals surface area contributed by atoms with Crippen molar-refractivity contribution in [2.75, 3.05) is 5.32 Å². The molecule has 0 aliphatic heterocycles. The second kappa shape index (κ2) is 5.35. The van der Waals surface area contributed by atoms with E-state index in [1.54, 1.807) is 23.5 Å². The van der Waals surface area contributed by atoms with Crippen LogP contribution in [0.2, 0.25) is 4.34 Å². The average molecular weight is 374 g/mol. The maximum atomic E-state index is 10.8. The van der Waals surface area contributed by atoms with Crippen molar-refractivity contribution in [3.05, 3.63) is 53.6 Å². The first-order valence-electron chi connectivity index (χ1n) is 6.03. The van der Waals surface area contributed by atoms with E-state index in [4.69, 9.17) is 11.6 Å². The van der Waals surface area contributed by atoms with Crippen molar-refractivity contribution >= 4 is 50.2 Å². The van der Waals surface area contributed by atoms with E-state index in [2.05, 4.69) is 21.2 Å². The van der Waals surface area contributed by atoms with Crippen molar-refractivity contribution in [2.24, 2.45) is 0 Å². The van der Waals surface area contributed by atoms with Gasteiger partial charge in [-0.3, -0.25) is 10.1 Å². The molecule has 1 aromatic heterocycles. The molecule has 1 aromatic carbocycles. The Bertz CT molecular complexity index is 689. The number of fused-ring (bicyclic) bond motifs is 1. The highest BCUT2D eigenvalue weighted by molar-refractivity contribution is 9.10. The minimum Gasteiger partial charge on any atom is -0.378 e. The second-order valence-electron chi connectivity index (χ2n) is 4.59. The van der Waals surface area contributed by atoms with E-state index in [0.29, 0.717) is 4.47 Å². The molecule has 104 valence electrons. The lowest BCUT2D eigenvalue weighted by molar-refractivity contribution is -0.385. The number of hydrogen-bond acceptors (Lipinski definition) is 4. The first-order chi connectivity index (χ1) is 9.54. The predicted molar refractivity (Wildman–Crippen MR) is 84.8 cm³/mol. The molecule has 1 N–H and O–H groups in total. The molecular weight excluding hydrogens is 364 g/mol. The van der Waals surface area contributed by atoms with Gasteiger partial charge < -0.3 is 5.32 Å². The van der Waals surface area contributed by atoms with E-state index in [0.717, 1.165) is 22.9 Å². The fourth-order valence-electron chi connectivity index (χ4n) is 2.43. The molecule has 1 aliphatic rings. The molecule has 0 amide bonds. The lowest BCUT2D eigenvalue weighted by Crippen LogP contribution is -2.06. The van der Waals surface area contributed by atoms with Crippen LogP contribution in [0.5, 0.6) is 0 Å². The van der Waals surface area contributed by atoms with Crippen LogP contribution in [0, 0.1) is 10.1 Å². The third-order valence-electron chi connectivity index (χ3n) is 3.33. The number of nitro groups is 1. The summed E-state index contributed by atoms with van der Waals surface area (Å²) in [6.45, 7) is 0. The van der Waals surface area contributed by atoms with Gasteiger partial charge in [0.25, 0.3) is 5.69 Å². The molecule has 3 rings (SSSR count). The first-order valence-corrected chi connectivity index (χ1v) is 8.02. The smallest absolute Gasteiger partial charge is 0.283 e. The third-order valence-corrected chi connectivity index (χ3v) is 5.31. The molecule has 2 aromatic rings. The molecule has 0 saturated heterocycles. The number of aryl methyl sites for hydroxylation is 1. The zero-order chi connectivity index (χ0) is 14.3. The largest absolute Gasteiger partial charge is 0.378 e. The zero-order valence-corrected chi connectivity index (χ0v) is 13.4. The van der Waals surface area contributed by atoms with Crippen LogP contribution in [0.4, 0.5) is 11.4 Å². The molecule has 1 aliphatic carbocycles. The summed E-state index contributed by atoms with van der Waals surface area (Å²) in [4.78, 5) is 11.7. The summed E-state index contributed by atoms with van der Waals surface area (Å²) in [6.07, 6.45) is 2.05. The van der Waals surface area contributed by atoms with Crippen LogP contribution >= 0.6 is 38.9 Å². The summed E-state index contributed by atoms with van der Waals surface area (Å²) in [5, 5.41) is 14.2. The number of halogens is 2. The van der Waals surface area contributed by atoms with Gasteiger partial charge in [0.1, 0.15) is 0 Å².